The molecule has 30 heavy (non-hydrogen) atoms. The molecule has 0 N–H and O–H groups in total. The fraction of sp³-hybridized carbons (Fsp3) is 0. The highest BCUT2D eigenvalue weighted by Crippen LogP contribution is 2.36. The maximum Gasteiger partial charge on any atom is 0.0610 e. The summed E-state index contributed by atoms with van der Waals surface area (Å²) in [4.78, 5) is 0. The van der Waals surface area contributed by atoms with Gasteiger partial charge in [0.25, 0.3) is 0 Å². The third kappa shape index (κ3) is 5.00. The normalized spacial score (nSPS) is 10.1. The Balaban J connectivity index is 1.96. The van der Waals surface area contributed by atoms with Crippen LogP contribution in [0.25, 0.3) is 28.3 Å². The molecule has 0 amide bonds. The van der Waals surface area contributed by atoms with Crippen LogP contribution in [0.5, 0.6) is 0 Å². The largest absolute Gasteiger partial charge is 0.0622 e. The summed E-state index contributed by atoms with van der Waals surface area (Å²) < 4.78 is 0.879. The van der Waals surface area contributed by atoms with Crippen molar-refractivity contribution in [1.82, 2.24) is 0 Å². The van der Waals surface area contributed by atoms with E-state index in [9.17, 15) is 0 Å². The molecule has 0 spiro atoms. The van der Waals surface area contributed by atoms with Crippen molar-refractivity contribution in [3.8, 4) is 34.1 Å². The summed E-state index contributed by atoms with van der Waals surface area (Å²) in [5.41, 5.74) is 7.74. The maximum atomic E-state index is 3.52. The van der Waals surface area contributed by atoms with Crippen LogP contribution in [0.1, 0.15) is 16.7 Å². The van der Waals surface area contributed by atoms with Crippen LogP contribution in [0.3, 0.4) is 0 Å². The number of halogens is 2. The van der Waals surface area contributed by atoms with Gasteiger partial charge in [-0.3, -0.25) is 0 Å². The topological polar surface area (TPSA) is 0 Å². The van der Waals surface area contributed by atoms with Crippen LogP contribution < -0.4 is 0 Å². The first-order valence-corrected chi connectivity index (χ1v) is 11.2. The lowest BCUT2D eigenvalue weighted by Gasteiger charge is -2.14. The number of rotatable bonds is 3. The Morgan fingerprint density at radius 3 is 1.63 bits per heavy atom. The van der Waals surface area contributed by atoms with Crippen LogP contribution in [0.2, 0.25) is 0 Å². The van der Waals surface area contributed by atoms with Crippen molar-refractivity contribution in [2.45, 2.75) is 0 Å². The van der Waals surface area contributed by atoms with Crippen LogP contribution >= 0.6 is 31.9 Å². The lowest BCUT2D eigenvalue weighted by atomic mass is 9.90. The van der Waals surface area contributed by atoms with Gasteiger partial charge in [0.2, 0.25) is 0 Å². The third-order valence-corrected chi connectivity index (χ3v) is 5.20. The first kappa shape index (κ1) is 20.4. The van der Waals surface area contributed by atoms with E-state index in [1.165, 1.54) is 22.3 Å². The summed E-state index contributed by atoms with van der Waals surface area (Å²) in [7, 11) is 0. The fourth-order valence-corrected chi connectivity index (χ4v) is 3.83. The zero-order chi connectivity index (χ0) is 20.8. The highest BCUT2D eigenvalue weighted by molar-refractivity contribution is 9.28. The van der Waals surface area contributed by atoms with E-state index in [0.717, 1.165) is 20.1 Å². The summed E-state index contributed by atoms with van der Waals surface area (Å²) in [6.07, 6.45) is 2.05. The summed E-state index contributed by atoms with van der Waals surface area (Å²) in [6, 6.07) is 35.4. The van der Waals surface area contributed by atoms with Crippen molar-refractivity contribution in [2.24, 2.45) is 0 Å². The molecule has 0 fully saturated rings. The Labute approximate surface area is 194 Å². The van der Waals surface area contributed by atoms with Gasteiger partial charge < -0.3 is 0 Å². The molecule has 0 heterocycles. The fourth-order valence-electron chi connectivity index (χ4n) is 3.34. The summed E-state index contributed by atoms with van der Waals surface area (Å²) in [5.74, 6) is 6.69. The van der Waals surface area contributed by atoms with Crippen LogP contribution in [0.4, 0.5) is 0 Å². The smallest absolute Gasteiger partial charge is 0.0610 e. The molecular formula is C28H18Br2. The molecule has 4 aromatic carbocycles. The molecule has 0 atom stereocenters. The molecule has 2 heteroatoms. The molecule has 0 bridgehead atoms. The van der Waals surface area contributed by atoms with Crippen LogP contribution in [-0.2, 0) is 0 Å². The Hall–Kier alpha value is -2.86. The standard InChI is InChI=1S/C28H18Br2/c29-28(30)20-25-19-27(23-14-8-3-9-15-23)26(22-12-6-2-7-13-22)18-24(25)17-16-21-10-4-1-5-11-21/h1-15,18-20H. The van der Waals surface area contributed by atoms with Crippen molar-refractivity contribution in [2.75, 3.05) is 0 Å². The van der Waals surface area contributed by atoms with Crippen molar-refractivity contribution < 1.29 is 0 Å². The molecule has 4 aromatic rings. The van der Waals surface area contributed by atoms with Crippen molar-refractivity contribution in [1.29, 1.82) is 0 Å². The minimum atomic E-state index is 0.879. The van der Waals surface area contributed by atoms with E-state index in [-0.39, 0.29) is 0 Å². The van der Waals surface area contributed by atoms with Crippen LogP contribution in [0, 0.1) is 11.8 Å². The first-order valence-electron chi connectivity index (χ1n) is 9.59. The van der Waals surface area contributed by atoms with Gasteiger partial charge in [0.05, 0.1) is 3.39 Å². The zero-order valence-electron chi connectivity index (χ0n) is 16.1. The van der Waals surface area contributed by atoms with E-state index < -0.39 is 0 Å². The van der Waals surface area contributed by atoms with Gasteiger partial charge in [-0.1, -0.05) is 90.7 Å². The zero-order valence-corrected chi connectivity index (χ0v) is 19.3. The molecule has 0 saturated heterocycles. The Morgan fingerprint density at radius 1 is 0.600 bits per heavy atom. The van der Waals surface area contributed by atoms with Gasteiger partial charge in [-0.2, -0.15) is 0 Å². The van der Waals surface area contributed by atoms with Gasteiger partial charge in [0.15, 0.2) is 0 Å². The molecule has 4 rings (SSSR count). The highest BCUT2D eigenvalue weighted by Gasteiger charge is 2.12. The van der Waals surface area contributed by atoms with Gasteiger partial charge in [0.1, 0.15) is 0 Å². The molecule has 0 aromatic heterocycles. The quantitative estimate of drug-likeness (QED) is 0.241. The molecule has 144 valence electrons. The molecule has 0 aliphatic rings. The summed E-state index contributed by atoms with van der Waals surface area (Å²) in [5, 5.41) is 0. The Bertz CT molecular complexity index is 1230. The van der Waals surface area contributed by atoms with E-state index in [1.54, 1.807) is 0 Å². The second-order valence-electron chi connectivity index (χ2n) is 6.77. The Kier molecular flexibility index (Phi) is 6.64. The van der Waals surface area contributed by atoms with Gasteiger partial charge in [-0.05, 0) is 90.0 Å². The lowest BCUT2D eigenvalue weighted by Crippen LogP contribution is -1.92. The molecule has 0 nitrogen and oxygen atoms in total. The number of hydrogen-bond donors (Lipinski definition) is 0. The second kappa shape index (κ2) is 9.76. The first-order chi connectivity index (χ1) is 14.7. The summed E-state index contributed by atoms with van der Waals surface area (Å²) in [6.45, 7) is 0. The van der Waals surface area contributed by atoms with Crippen LogP contribution in [-0.4, -0.2) is 0 Å². The highest BCUT2D eigenvalue weighted by atomic mass is 79.9. The predicted molar refractivity (Wildman–Crippen MR) is 136 cm³/mol. The minimum Gasteiger partial charge on any atom is -0.0622 e. The average Bonchev–Trinajstić information content (AvgIpc) is 2.79. The monoisotopic (exact) mass is 512 g/mol. The molecule has 0 aliphatic carbocycles. The Morgan fingerprint density at radius 2 is 1.10 bits per heavy atom. The van der Waals surface area contributed by atoms with Crippen molar-refractivity contribution >= 4 is 37.9 Å². The maximum absolute atomic E-state index is 3.52. The molecule has 0 unspecified atom stereocenters. The van der Waals surface area contributed by atoms with E-state index >= 15 is 0 Å². The third-order valence-electron chi connectivity index (χ3n) is 4.74. The summed E-state index contributed by atoms with van der Waals surface area (Å²) >= 11 is 7.03. The van der Waals surface area contributed by atoms with Gasteiger partial charge in [0, 0.05) is 11.1 Å². The van der Waals surface area contributed by atoms with E-state index in [1.807, 2.05) is 42.5 Å². The molecular weight excluding hydrogens is 496 g/mol. The van der Waals surface area contributed by atoms with Crippen molar-refractivity contribution in [3.05, 3.63) is 123 Å². The number of hydrogen-bond acceptors (Lipinski definition) is 0. The van der Waals surface area contributed by atoms with Gasteiger partial charge in [-0.15, -0.1) is 0 Å². The van der Waals surface area contributed by atoms with Gasteiger partial charge >= 0.3 is 0 Å². The minimum absolute atomic E-state index is 0.879. The van der Waals surface area contributed by atoms with E-state index in [2.05, 4.69) is 110 Å². The molecule has 0 saturated carbocycles. The van der Waals surface area contributed by atoms with Gasteiger partial charge in [-0.25, -0.2) is 0 Å². The SMILES string of the molecule is BrC(Br)=Cc1cc(-c2ccccc2)c(-c2ccccc2)cc1C#Cc1ccccc1. The van der Waals surface area contributed by atoms with Crippen LogP contribution in [0.15, 0.2) is 107 Å². The number of benzene rings is 4. The van der Waals surface area contributed by atoms with E-state index in [0.29, 0.717) is 0 Å². The molecule has 0 radical (unpaired) electrons. The van der Waals surface area contributed by atoms with E-state index in [4.69, 9.17) is 0 Å². The second-order valence-corrected chi connectivity index (χ2v) is 9.54. The lowest BCUT2D eigenvalue weighted by molar-refractivity contribution is 1.54. The van der Waals surface area contributed by atoms with Crippen molar-refractivity contribution in [3.63, 3.8) is 0 Å². The average molecular weight is 514 g/mol. The predicted octanol–water partition coefficient (Wildman–Crippen LogP) is 8.51. The molecule has 0 aliphatic heterocycles.